The third-order valence-corrected chi connectivity index (χ3v) is 3.45. The van der Waals surface area contributed by atoms with Gasteiger partial charge in [0.1, 0.15) is 0 Å². The largest absolute Gasteiger partial charge is 0.317 e. The van der Waals surface area contributed by atoms with Crippen LogP contribution in [-0.2, 0) is 13.6 Å². The molecule has 0 N–H and O–H groups in total. The van der Waals surface area contributed by atoms with Crippen LogP contribution in [0.2, 0.25) is 0 Å². The summed E-state index contributed by atoms with van der Waals surface area (Å²) in [7, 11) is -2.21. The summed E-state index contributed by atoms with van der Waals surface area (Å²) in [4.78, 5) is 0. The molecule has 0 aromatic carbocycles. The van der Waals surface area contributed by atoms with Crippen LogP contribution in [0.4, 0.5) is 0 Å². The van der Waals surface area contributed by atoms with Gasteiger partial charge in [0.25, 0.3) is 7.94 Å². The number of rotatable bonds is 7. The summed E-state index contributed by atoms with van der Waals surface area (Å²) in [6.07, 6.45) is 0. The van der Waals surface area contributed by atoms with Gasteiger partial charge in [-0.15, -0.1) is 0 Å². The molecule has 0 bridgehead atoms. The monoisotopic (exact) mass is 193 g/mol. The van der Waals surface area contributed by atoms with E-state index in [9.17, 15) is 0 Å². The highest BCUT2D eigenvalue weighted by molar-refractivity contribution is 7.64. The van der Waals surface area contributed by atoms with E-state index in [0.29, 0.717) is 19.8 Å². The Hall–Kier alpha value is 0.0500. The van der Waals surface area contributed by atoms with Gasteiger partial charge in [-0.05, 0) is 20.8 Å². The fourth-order valence-corrected chi connectivity index (χ4v) is 2.43. The molecular formula is C8H18O3P. The van der Waals surface area contributed by atoms with Crippen LogP contribution in [0.5, 0.6) is 0 Å². The molecule has 1 radical (unpaired) electrons. The first kappa shape index (κ1) is 12.0. The van der Waals surface area contributed by atoms with Crippen LogP contribution in [0.25, 0.3) is 0 Å². The highest BCUT2D eigenvalue weighted by Gasteiger charge is 2.25. The second-order valence-corrected chi connectivity index (χ2v) is 4.20. The zero-order valence-electron chi connectivity index (χ0n) is 8.08. The maximum absolute atomic E-state index is 5.41. The molecule has 0 amide bonds. The molecule has 0 unspecified atom stereocenters. The Morgan fingerprint density at radius 1 is 1.00 bits per heavy atom. The molecule has 12 heavy (non-hydrogen) atoms. The summed E-state index contributed by atoms with van der Waals surface area (Å²) in [5, 5.41) is 0. The van der Waals surface area contributed by atoms with Crippen LogP contribution in [0.15, 0.2) is 12.4 Å². The molecule has 0 rings (SSSR count). The molecule has 73 valence electrons. The Morgan fingerprint density at radius 2 is 1.33 bits per heavy atom. The molecule has 0 aliphatic carbocycles. The Balaban J connectivity index is 4.16. The van der Waals surface area contributed by atoms with Crippen LogP contribution < -0.4 is 0 Å². The summed E-state index contributed by atoms with van der Waals surface area (Å²) in [6.45, 7) is 11.2. The van der Waals surface area contributed by atoms with Crippen molar-refractivity contribution in [1.29, 1.82) is 0 Å². The lowest BCUT2D eigenvalue weighted by atomic mass is 10.9. The fourth-order valence-electron chi connectivity index (χ4n) is 0.810. The van der Waals surface area contributed by atoms with E-state index < -0.39 is 7.94 Å². The van der Waals surface area contributed by atoms with Gasteiger partial charge >= 0.3 is 0 Å². The van der Waals surface area contributed by atoms with Crippen molar-refractivity contribution in [3.8, 4) is 0 Å². The predicted molar refractivity (Wildman–Crippen MR) is 52.0 cm³/mol. The summed E-state index contributed by atoms with van der Waals surface area (Å²) >= 11 is 0. The first-order valence-electron chi connectivity index (χ1n) is 4.20. The zero-order valence-corrected chi connectivity index (χ0v) is 8.97. The van der Waals surface area contributed by atoms with Crippen molar-refractivity contribution < 1.29 is 13.6 Å². The van der Waals surface area contributed by atoms with E-state index in [-0.39, 0.29) is 0 Å². The third kappa shape index (κ3) is 3.63. The molecule has 4 heteroatoms. The van der Waals surface area contributed by atoms with Crippen molar-refractivity contribution >= 4 is 7.94 Å². The van der Waals surface area contributed by atoms with Gasteiger partial charge in [0.2, 0.25) is 0 Å². The lowest BCUT2D eigenvalue weighted by Gasteiger charge is -2.29. The van der Waals surface area contributed by atoms with E-state index in [0.717, 1.165) is 0 Å². The Kier molecular flexibility index (Phi) is 6.58. The molecule has 0 aliphatic rings. The van der Waals surface area contributed by atoms with E-state index in [1.165, 1.54) is 0 Å². The zero-order chi connectivity index (χ0) is 9.45. The van der Waals surface area contributed by atoms with Crippen molar-refractivity contribution in [1.82, 2.24) is 0 Å². The normalized spacial score (nSPS) is 11.6. The second-order valence-electron chi connectivity index (χ2n) is 1.98. The fraction of sp³-hybridized carbons (Fsp3) is 0.750. The number of hydrogen-bond donors (Lipinski definition) is 0. The molecule has 0 heterocycles. The summed E-state index contributed by atoms with van der Waals surface area (Å²) in [5.41, 5.74) is 0. The van der Waals surface area contributed by atoms with Crippen LogP contribution >= 0.6 is 7.94 Å². The summed E-state index contributed by atoms with van der Waals surface area (Å²) < 4.78 is 16.2. The van der Waals surface area contributed by atoms with Gasteiger partial charge < -0.3 is 13.6 Å². The van der Waals surface area contributed by atoms with E-state index in [1.54, 1.807) is 5.82 Å². The minimum atomic E-state index is -2.21. The smallest absolute Gasteiger partial charge is 0.257 e. The van der Waals surface area contributed by atoms with Gasteiger partial charge in [-0.25, -0.2) is 0 Å². The molecule has 0 atom stereocenters. The van der Waals surface area contributed by atoms with Gasteiger partial charge in [-0.2, -0.15) is 0 Å². The van der Waals surface area contributed by atoms with Crippen molar-refractivity contribution in [2.75, 3.05) is 19.8 Å². The highest BCUT2D eigenvalue weighted by Crippen LogP contribution is 2.62. The standard InChI is InChI=1S/C8H18O3P/c1-5-9-12(8-4,10-6-2)11-7-3/h8H,4-7H2,1-3H3. The second kappa shape index (κ2) is 6.55. The maximum atomic E-state index is 5.41. The molecule has 0 saturated heterocycles. The van der Waals surface area contributed by atoms with Crippen molar-refractivity contribution in [2.24, 2.45) is 0 Å². The minimum Gasteiger partial charge on any atom is -0.317 e. The van der Waals surface area contributed by atoms with Crippen LogP contribution in [0.1, 0.15) is 20.8 Å². The van der Waals surface area contributed by atoms with E-state index in [2.05, 4.69) is 6.58 Å². The lowest BCUT2D eigenvalue weighted by Crippen LogP contribution is -2.04. The molecule has 0 fully saturated rings. The van der Waals surface area contributed by atoms with E-state index >= 15 is 0 Å². The van der Waals surface area contributed by atoms with Crippen LogP contribution in [-0.4, -0.2) is 19.8 Å². The van der Waals surface area contributed by atoms with E-state index in [1.807, 2.05) is 20.8 Å². The van der Waals surface area contributed by atoms with Crippen molar-refractivity contribution in [2.45, 2.75) is 20.8 Å². The minimum absolute atomic E-state index is 0.583. The Labute approximate surface area is 75.3 Å². The highest BCUT2D eigenvalue weighted by atomic mass is 31.2. The Bertz CT molecular complexity index is 110. The molecular weight excluding hydrogens is 175 g/mol. The average molecular weight is 193 g/mol. The molecule has 0 saturated carbocycles. The van der Waals surface area contributed by atoms with Crippen LogP contribution in [0.3, 0.4) is 0 Å². The molecule has 0 aliphatic heterocycles. The predicted octanol–water partition coefficient (Wildman–Crippen LogP) is 3.00. The van der Waals surface area contributed by atoms with Gasteiger partial charge in [-0.3, -0.25) is 0 Å². The molecule has 0 spiro atoms. The SMILES string of the molecule is C=C[P](OCC)(OCC)OCC. The molecule has 3 nitrogen and oxygen atoms in total. The first-order valence-corrected chi connectivity index (χ1v) is 5.81. The van der Waals surface area contributed by atoms with Gasteiger partial charge in [0, 0.05) is 5.82 Å². The first-order chi connectivity index (χ1) is 5.74. The summed E-state index contributed by atoms with van der Waals surface area (Å²) in [5.74, 6) is 1.64. The van der Waals surface area contributed by atoms with Crippen molar-refractivity contribution in [3.05, 3.63) is 12.4 Å². The Morgan fingerprint density at radius 3 is 1.50 bits per heavy atom. The van der Waals surface area contributed by atoms with Crippen LogP contribution in [0, 0.1) is 0 Å². The lowest BCUT2D eigenvalue weighted by molar-refractivity contribution is 0.160. The topological polar surface area (TPSA) is 27.7 Å². The average Bonchev–Trinajstić information content (AvgIpc) is 2.06. The number of hydrogen-bond acceptors (Lipinski definition) is 3. The quantitative estimate of drug-likeness (QED) is 0.582. The van der Waals surface area contributed by atoms with E-state index in [4.69, 9.17) is 13.6 Å². The van der Waals surface area contributed by atoms with Crippen molar-refractivity contribution in [3.63, 3.8) is 0 Å². The molecule has 0 aromatic rings. The maximum Gasteiger partial charge on any atom is 0.257 e. The molecule has 0 aromatic heterocycles. The van der Waals surface area contributed by atoms with Gasteiger partial charge in [-0.1, -0.05) is 6.58 Å². The summed E-state index contributed by atoms with van der Waals surface area (Å²) in [6, 6.07) is 0. The van der Waals surface area contributed by atoms with Gasteiger partial charge in [0.05, 0.1) is 19.8 Å². The third-order valence-electron chi connectivity index (χ3n) is 1.15. The van der Waals surface area contributed by atoms with Gasteiger partial charge in [0.15, 0.2) is 0 Å².